The number of hydrogen-bond donors (Lipinski definition) is 1. The third-order valence-corrected chi connectivity index (χ3v) is 5.12. The summed E-state index contributed by atoms with van der Waals surface area (Å²) in [5, 5.41) is 10.3. The van der Waals surface area contributed by atoms with Gasteiger partial charge in [0.25, 0.3) is 18.8 Å². The van der Waals surface area contributed by atoms with Crippen LogP contribution in [0.5, 0.6) is 0 Å². The fourth-order valence-corrected chi connectivity index (χ4v) is 3.40. The number of carbonyl (C=O) groups is 1. The van der Waals surface area contributed by atoms with Gasteiger partial charge in [0.1, 0.15) is 22.2 Å². The standard InChI is InChI=1S/C19H11Cl2F5N6O/c20-9-2-1-3-11(22)8(9)6-31-7-10(21)18(30-31)28-19(33)13-5-15-27-12(16(23)24)4-14(17(25)26)32(15)29-13/h1-5,7,16-17H,6H2,(H,28,30,33). The van der Waals surface area contributed by atoms with Crippen molar-refractivity contribution in [3.63, 3.8) is 0 Å². The summed E-state index contributed by atoms with van der Waals surface area (Å²) in [6.07, 6.45) is -4.92. The molecule has 0 saturated heterocycles. The van der Waals surface area contributed by atoms with Gasteiger partial charge in [0, 0.05) is 22.8 Å². The summed E-state index contributed by atoms with van der Waals surface area (Å²) >= 11 is 12.1. The topological polar surface area (TPSA) is 77.1 Å². The second-order valence-electron chi connectivity index (χ2n) is 6.68. The van der Waals surface area contributed by atoms with Crippen LogP contribution in [-0.4, -0.2) is 30.3 Å². The lowest BCUT2D eigenvalue weighted by molar-refractivity contribution is 0.102. The Kier molecular flexibility index (Phi) is 6.21. The van der Waals surface area contributed by atoms with Gasteiger partial charge in [-0.15, -0.1) is 0 Å². The molecule has 7 nitrogen and oxygen atoms in total. The average Bonchev–Trinajstić information content (AvgIpc) is 3.33. The molecule has 0 fully saturated rings. The number of rotatable bonds is 6. The number of benzene rings is 1. The van der Waals surface area contributed by atoms with Gasteiger partial charge < -0.3 is 5.32 Å². The molecular formula is C19H11Cl2F5N6O. The lowest BCUT2D eigenvalue weighted by Gasteiger charge is -2.06. The lowest BCUT2D eigenvalue weighted by atomic mass is 10.2. The summed E-state index contributed by atoms with van der Waals surface area (Å²) < 4.78 is 68.4. The van der Waals surface area contributed by atoms with E-state index in [4.69, 9.17) is 23.2 Å². The summed E-state index contributed by atoms with van der Waals surface area (Å²) in [7, 11) is 0. The van der Waals surface area contributed by atoms with Crippen molar-refractivity contribution in [2.45, 2.75) is 19.4 Å². The maximum Gasteiger partial charge on any atom is 0.280 e. The molecule has 4 aromatic rings. The van der Waals surface area contributed by atoms with Crippen LogP contribution in [0.15, 0.2) is 36.5 Å². The minimum Gasteiger partial charge on any atom is -0.302 e. The molecule has 0 radical (unpaired) electrons. The number of alkyl halides is 4. The van der Waals surface area contributed by atoms with E-state index in [1.54, 1.807) is 0 Å². The SMILES string of the molecule is O=C(Nc1nn(Cc2c(F)cccc2Cl)cc1Cl)c1cc2nc(C(F)F)cc(C(F)F)n2n1. The van der Waals surface area contributed by atoms with Crippen molar-refractivity contribution in [1.29, 1.82) is 0 Å². The Hall–Kier alpha value is -3.25. The van der Waals surface area contributed by atoms with Crippen LogP contribution < -0.4 is 5.32 Å². The molecule has 33 heavy (non-hydrogen) atoms. The van der Waals surface area contributed by atoms with E-state index in [0.29, 0.717) is 10.6 Å². The van der Waals surface area contributed by atoms with E-state index >= 15 is 0 Å². The van der Waals surface area contributed by atoms with E-state index in [9.17, 15) is 26.7 Å². The van der Waals surface area contributed by atoms with Crippen molar-refractivity contribution < 1.29 is 26.7 Å². The van der Waals surface area contributed by atoms with Gasteiger partial charge >= 0.3 is 0 Å². The molecule has 0 spiro atoms. The summed E-state index contributed by atoms with van der Waals surface area (Å²) in [6, 6.07) is 5.65. The molecule has 0 aliphatic heterocycles. The van der Waals surface area contributed by atoms with Crippen molar-refractivity contribution >= 4 is 40.6 Å². The normalized spacial score (nSPS) is 11.7. The van der Waals surface area contributed by atoms with E-state index in [0.717, 1.165) is 6.07 Å². The first-order valence-electron chi connectivity index (χ1n) is 9.08. The highest BCUT2D eigenvalue weighted by atomic mass is 35.5. The minimum atomic E-state index is -3.14. The number of anilines is 1. The predicted octanol–water partition coefficient (Wildman–Crippen LogP) is 5.55. The summed E-state index contributed by atoms with van der Waals surface area (Å²) in [5.74, 6) is -1.59. The van der Waals surface area contributed by atoms with Gasteiger partial charge in [-0.2, -0.15) is 10.2 Å². The van der Waals surface area contributed by atoms with Crippen LogP contribution in [0, 0.1) is 5.82 Å². The molecule has 3 aromatic heterocycles. The number of nitrogens with zero attached hydrogens (tertiary/aromatic N) is 5. The van der Waals surface area contributed by atoms with Gasteiger partial charge in [-0.05, 0) is 18.2 Å². The Morgan fingerprint density at radius 3 is 2.48 bits per heavy atom. The Labute approximate surface area is 191 Å². The van der Waals surface area contributed by atoms with Crippen LogP contribution in [-0.2, 0) is 6.54 Å². The fourth-order valence-electron chi connectivity index (χ4n) is 2.98. The van der Waals surface area contributed by atoms with Gasteiger partial charge in [-0.3, -0.25) is 9.48 Å². The summed E-state index contributed by atoms with van der Waals surface area (Å²) in [4.78, 5) is 16.1. The van der Waals surface area contributed by atoms with Crippen molar-refractivity contribution in [2.75, 3.05) is 5.32 Å². The molecular weight excluding hydrogens is 494 g/mol. The first kappa shape index (κ1) is 22.9. The van der Waals surface area contributed by atoms with Crippen LogP contribution >= 0.6 is 23.2 Å². The van der Waals surface area contributed by atoms with Crippen LogP contribution in [0.4, 0.5) is 27.8 Å². The molecule has 3 heterocycles. The van der Waals surface area contributed by atoms with E-state index in [2.05, 4.69) is 20.5 Å². The number of nitrogens with one attached hydrogen (secondary N) is 1. The van der Waals surface area contributed by atoms with Crippen LogP contribution in [0.1, 0.15) is 40.3 Å². The number of carbonyl (C=O) groups excluding carboxylic acids is 1. The van der Waals surface area contributed by atoms with Gasteiger partial charge in [0.05, 0.1) is 6.54 Å². The number of amides is 1. The Morgan fingerprint density at radius 2 is 1.82 bits per heavy atom. The van der Waals surface area contributed by atoms with E-state index in [1.165, 1.54) is 29.1 Å². The van der Waals surface area contributed by atoms with Crippen LogP contribution in [0.2, 0.25) is 10.0 Å². The van der Waals surface area contributed by atoms with Crippen molar-refractivity contribution in [3.05, 3.63) is 75.0 Å². The maximum atomic E-state index is 14.0. The zero-order valence-corrected chi connectivity index (χ0v) is 17.6. The van der Waals surface area contributed by atoms with Crippen molar-refractivity contribution in [2.24, 2.45) is 0 Å². The second-order valence-corrected chi connectivity index (χ2v) is 7.50. The van der Waals surface area contributed by atoms with E-state index in [1.807, 2.05) is 0 Å². The lowest BCUT2D eigenvalue weighted by Crippen LogP contribution is -2.14. The molecule has 0 aliphatic rings. The number of fused-ring (bicyclic) bond motifs is 1. The van der Waals surface area contributed by atoms with E-state index in [-0.39, 0.29) is 33.6 Å². The zero-order chi connectivity index (χ0) is 23.9. The molecule has 1 amide bonds. The molecule has 0 aliphatic carbocycles. The van der Waals surface area contributed by atoms with Gasteiger partial charge in [-0.1, -0.05) is 29.3 Å². The minimum absolute atomic E-state index is 0.00837. The molecule has 1 N–H and O–H groups in total. The first-order valence-corrected chi connectivity index (χ1v) is 9.83. The Balaban J connectivity index is 1.60. The molecule has 172 valence electrons. The van der Waals surface area contributed by atoms with Crippen molar-refractivity contribution in [3.8, 4) is 0 Å². The average molecular weight is 505 g/mol. The molecule has 0 bridgehead atoms. The number of aromatic nitrogens is 5. The molecule has 0 unspecified atom stereocenters. The maximum absolute atomic E-state index is 14.0. The molecule has 4 rings (SSSR count). The third kappa shape index (κ3) is 4.62. The first-order chi connectivity index (χ1) is 15.6. The zero-order valence-electron chi connectivity index (χ0n) is 16.1. The van der Waals surface area contributed by atoms with Crippen molar-refractivity contribution in [1.82, 2.24) is 24.4 Å². The molecule has 1 aromatic carbocycles. The Bertz CT molecular complexity index is 1340. The highest BCUT2D eigenvalue weighted by Crippen LogP contribution is 2.27. The van der Waals surface area contributed by atoms with Gasteiger partial charge in [-0.25, -0.2) is 31.5 Å². The fraction of sp³-hybridized carbons (Fsp3) is 0.158. The quantitative estimate of drug-likeness (QED) is 0.349. The molecule has 0 atom stereocenters. The Morgan fingerprint density at radius 1 is 1.06 bits per heavy atom. The summed E-state index contributed by atoms with van der Waals surface area (Å²) in [6.45, 7) is -0.0897. The predicted molar refractivity (Wildman–Crippen MR) is 109 cm³/mol. The highest BCUT2D eigenvalue weighted by molar-refractivity contribution is 6.33. The van der Waals surface area contributed by atoms with Gasteiger partial charge in [0.15, 0.2) is 17.2 Å². The van der Waals surface area contributed by atoms with Crippen LogP contribution in [0.25, 0.3) is 5.65 Å². The third-order valence-electron chi connectivity index (χ3n) is 4.49. The second kappa shape index (κ2) is 8.94. The smallest absolute Gasteiger partial charge is 0.280 e. The molecule has 14 heteroatoms. The number of hydrogen-bond acceptors (Lipinski definition) is 4. The van der Waals surface area contributed by atoms with Crippen LogP contribution in [0.3, 0.4) is 0 Å². The highest BCUT2D eigenvalue weighted by Gasteiger charge is 2.23. The monoisotopic (exact) mass is 504 g/mol. The number of halogens is 7. The summed E-state index contributed by atoms with van der Waals surface area (Å²) in [5.41, 5.74) is -2.33. The van der Waals surface area contributed by atoms with E-state index < -0.39 is 41.7 Å². The van der Waals surface area contributed by atoms with Gasteiger partial charge in [0.2, 0.25) is 0 Å². The largest absolute Gasteiger partial charge is 0.302 e. The molecule has 0 saturated carbocycles.